The quantitative estimate of drug-likeness (QED) is 0.836. The summed E-state index contributed by atoms with van der Waals surface area (Å²) < 4.78 is 0. The zero-order chi connectivity index (χ0) is 16.0. The molecule has 3 nitrogen and oxygen atoms in total. The SMILES string of the molecule is Cc1cccc(N2CCN(C(=O)[C@@H]3C[C@@H]4CC[C@@H]3C4)CC2)c1C. The number of carbonyl (C=O) groups is 1. The van der Waals surface area contributed by atoms with Crippen molar-refractivity contribution in [3.05, 3.63) is 29.3 Å². The van der Waals surface area contributed by atoms with Crippen molar-refractivity contribution in [1.29, 1.82) is 0 Å². The molecule has 0 spiro atoms. The van der Waals surface area contributed by atoms with Gasteiger partial charge >= 0.3 is 0 Å². The molecule has 3 atom stereocenters. The highest BCUT2D eigenvalue weighted by Crippen LogP contribution is 2.48. The highest BCUT2D eigenvalue weighted by atomic mass is 16.2. The Bertz CT molecular complexity index is 604. The van der Waals surface area contributed by atoms with Crippen LogP contribution in [0.5, 0.6) is 0 Å². The summed E-state index contributed by atoms with van der Waals surface area (Å²) in [4.78, 5) is 17.5. The molecule has 4 rings (SSSR count). The fraction of sp³-hybridized carbons (Fsp3) is 0.650. The van der Waals surface area contributed by atoms with Gasteiger partial charge in [-0.3, -0.25) is 4.79 Å². The van der Waals surface area contributed by atoms with Crippen molar-refractivity contribution in [1.82, 2.24) is 4.90 Å². The number of anilines is 1. The molecule has 2 aliphatic carbocycles. The molecule has 2 saturated carbocycles. The van der Waals surface area contributed by atoms with Gasteiger partial charge < -0.3 is 9.80 Å². The number of hydrogen-bond acceptors (Lipinski definition) is 2. The first-order chi connectivity index (χ1) is 11.1. The Morgan fingerprint density at radius 2 is 1.83 bits per heavy atom. The van der Waals surface area contributed by atoms with Gasteiger partial charge in [0.15, 0.2) is 0 Å². The number of hydrogen-bond donors (Lipinski definition) is 0. The summed E-state index contributed by atoms with van der Waals surface area (Å²) in [5.74, 6) is 2.36. The van der Waals surface area contributed by atoms with E-state index in [1.165, 1.54) is 42.5 Å². The first kappa shape index (κ1) is 15.0. The maximum Gasteiger partial charge on any atom is 0.226 e. The highest BCUT2D eigenvalue weighted by molar-refractivity contribution is 5.80. The molecule has 3 fully saturated rings. The number of aryl methyl sites for hydroxylation is 1. The summed E-state index contributed by atoms with van der Waals surface area (Å²) in [5.41, 5.74) is 4.07. The number of fused-ring (bicyclic) bond motifs is 2. The number of nitrogens with zero attached hydrogens (tertiary/aromatic N) is 2. The summed E-state index contributed by atoms with van der Waals surface area (Å²) in [6.07, 6.45) is 5.15. The summed E-state index contributed by atoms with van der Waals surface area (Å²) in [6, 6.07) is 6.54. The van der Waals surface area contributed by atoms with E-state index < -0.39 is 0 Å². The van der Waals surface area contributed by atoms with Gasteiger partial charge in [0.1, 0.15) is 0 Å². The molecule has 3 aliphatic rings. The van der Waals surface area contributed by atoms with Gasteiger partial charge in [0.25, 0.3) is 0 Å². The van der Waals surface area contributed by atoms with Crippen LogP contribution in [0.25, 0.3) is 0 Å². The summed E-state index contributed by atoms with van der Waals surface area (Å²) in [7, 11) is 0. The lowest BCUT2D eigenvalue weighted by atomic mass is 9.87. The van der Waals surface area contributed by atoms with Crippen molar-refractivity contribution >= 4 is 11.6 Å². The molecule has 0 N–H and O–H groups in total. The number of benzene rings is 1. The largest absolute Gasteiger partial charge is 0.368 e. The predicted octanol–water partition coefficient (Wildman–Crippen LogP) is 3.39. The van der Waals surface area contributed by atoms with Crippen LogP contribution in [0.2, 0.25) is 0 Å². The van der Waals surface area contributed by atoms with E-state index in [-0.39, 0.29) is 0 Å². The Hall–Kier alpha value is -1.51. The van der Waals surface area contributed by atoms with E-state index in [0.29, 0.717) is 17.7 Å². The number of amides is 1. The van der Waals surface area contributed by atoms with Gasteiger partial charge in [-0.25, -0.2) is 0 Å². The molecule has 0 unspecified atom stereocenters. The van der Waals surface area contributed by atoms with Crippen LogP contribution in [-0.2, 0) is 4.79 Å². The van der Waals surface area contributed by atoms with E-state index in [4.69, 9.17) is 0 Å². The van der Waals surface area contributed by atoms with Gasteiger partial charge in [0.2, 0.25) is 5.91 Å². The topological polar surface area (TPSA) is 23.6 Å². The lowest BCUT2D eigenvalue weighted by Crippen LogP contribution is -2.51. The smallest absolute Gasteiger partial charge is 0.226 e. The minimum atomic E-state index is 0.348. The van der Waals surface area contributed by atoms with Crippen LogP contribution < -0.4 is 4.90 Å². The Morgan fingerprint density at radius 3 is 2.48 bits per heavy atom. The minimum absolute atomic E-state index is 0.348. The van der Waals surface area contributed by atoms with Gasteiger partial charge in [0, 0.05) is 37.8 Å². The molecule has 1 aromatic carbocycles. The van der Waals surface area contributed by atoms with Gasteiger partial charge in [-0.2, -0.15) is 0 Å². The zero-order valence-corrected chi connectivity index (χ0v) is 14.4. The summed E-state index contributed by atoms with van der Waals surface area (Å²) in [6.45, 7) is 8.10. The van der Waals surface area contributed by atoms with Crippen molar-refractivity contribution in [3.8, 4) is 0 Å². The van der Waals surface area contributed by atoms with Crippen molar-refractivity contribution in [3.63, 3.8) is 0 Å². The summed E-state index contributed by atoms with van der Waals surface area (Å²) in [5, 5.41) is 0. The molecule has 23 heavy (non-hydrogen) atoms. The Kier molecular flexibility index (Phi) is 3.82. The third kappa shape index (κ3) is 2.64. The number of piperazine rings is 1. The van der Waals surface area contributed by atoms with E-state index in [1.54, 1.807) is 0 Å². The zero-order valence-electron chi connectivity index (χ0n) is 14.4. The first-order valence-corrected chi connectivity index (χ1v) is 9.23. The van der Waals surface area contributed by atoms with Gasteiger partial charge in [-0.1, -0.05) is 18.6 Å². The van der Waals surface area contributed by atoms with E-state index in [0.717, 1.165) is 32.1 Å². The average Bonchev–Trinajstić information content (AvgIpc) is 3.20. The molecule has 1 saturated heterocycles. The molecule has 2 bridgehead atoms. The Labute approximate surface area is 139 Å². The van der Waals surface area contributed by atoms with Gasteiger partial charge in [-0.15, -0.1) is 0 Å². The molecule has 0 radical (unpaired) electrons. The monoisotopic (exact) mass is 312 g/mol. The molecule has 1 aromatic rings. The van der Waals surface area contributed by atoms with Crippen molar-refractivity contribution < 1.29 is 4.79 Å². The lowest BCUT2D eigenvalue weighted by molar-refractivity contribution is -0.137. The number of carbonyl (C=O) groups excluding carboxylic acids is 1. The first-order valence-electron chi connectivity index (χ1n) is 9.23. The van der Waals surface area contributed by atoms with Gasteiger partial charge in [0.05, 0.1) is 0 Å². The molecule has 3 heteroatoms. The maximum atomic E-state index is 12.9. The van der Waals surface area contributed by atoms with E-state index >= 15 is 0 Å². The van der Waals surface area contributed by atoms with Crippen molar-refractivity contribution in [2.75, 3.05) is 31.1 Å². The third-order valence-corrected chi connectivity index (χ3v) is 6.56. The van der Waals surface area contributed by atoms with Crippen LogP contribution in [-0.4, -0.2) is 37.0 Å². The van der Waals surface area contributed by atoms with Crippen LogP contribution in [0.4, 0.5) is 5.69 Å². The average molecular weight is 312 g/mol. The van der Waals surface area contributed by atoms with Crippen molar-refractivity contribution in [2.45, 2.75) is 39.5 Å². The van der Waals surface area contributed by atoms with Crippen LogP contribution in [0.1, 0.15) is 36.8 Å². The summed E-state index contributed by atoms with van der Waals surface area (Å²) >= 11 is 0. The predicted molar refractivity (Wildman–Crippen MR) is 93.6 cm³/mol. The van der Waals surface area contributed by atoms with E-state index in [1.807, 2.05) is 0 Å². The number of rotatable bonds is 2. The fourth-order valence-corrected chi connectivity index (χ4v) is 5.03. The molecular weight excluding hydrogens is 284 g/mol. The molecular formula is C20H28N2O. The molecule has 0 aromatic heterocycles. The molecule has 1 amide bonds. The van der Waals surface area contributed by atoms with Crippen LogP contribution >= 0.6 is 0 Å². The third-order valence-electron chi connectivity index (χ3n) is 6.56. The van der Waals surface area contributed by atoms with Crippen LogP contribution in [0.15, 0.2) is 18.2 Å². The van der Waals surface area contributed by atoms with E-state index in [2.05, 4.69) is 41.8 Å². The lowest BCUT2D eigenvalue weighted by Gasteiger charge is -2.39. The maximum absolute atomic E-state index is 12.9. The molecule has 1 aliphatic heterocycles. The second-order valence-corrected chi connectivity index (χ2v) is 7.81. The van der Waals surface area contributed by atoms with Gasteiger partial charge in [-0.05, 0) is 62.1 Å². The Balaban J connectivity index is 1.39. The minimum Gasteiger partial charge on any atom is -0.368 e. The fourth-order valence-electron chi connectivity index (χ4n) is 5.03. The van der Waals surface area contributed by atoms with Crippen LogP contribution in [0, 0.1) is 31.6 Å². The standard InChI is InChI=1S/C20H28N2O/c1-14-4-3-5-19(15(14)2)21-8-10-22(11-9-21)20(23)18-13-16-6-7-17(18)12-16/h3-5,16-18H,6-13H2,1-2H3/t16-,17-,18-/m1/s1. The Morgan fingerprint density at radius 1 is 1.04 bits per heavy atom. The highest BCUT2D eigenvalue weighted by Gasteiger charge is 2.44. The van der Waals surface area contributed by atoms with Crippen molar-refractivity contribution in [2.24, 2.45) is 17.8 Å². The van der Waals surface area contributed by atoms with Crippen LogP contribution in [0.3, 0.4) is 0 Å². The second-order valence-electron chi connectivity index (χ2n) is 7.81. The second kappa shape index (κ2) is 5.85. The van der Waals surface area contributed by atoms with E-state index in [9.17, 15) is 4.79 Å². The normalized spacial score (nSPS) is 30.1. The molecule has 124 valence electrons. The molecule has 1 heterocycles.